The number of aromatic nitrogens is 2. The van der Waals surface area contributed by atoms with Gasteiger partial charge in [-0.25, -0.2) is 0 Å². The molecule has 3 N–H and O–H groups in total. The number of para-hydroxylation sites is 1. The van der Waals surface area contributed by atoms with Gasteiger partial charge in [-0.3, -0.25) is 14.4 Å². The number of nitrogens with zero attached hydrogens (tertiary/aromatic N) is 2. The minimum atomic E-state index is -0.789. The van der Waals surface area contributed by atoms with Crippen molar-refractivity contribution in [1.29, 1.82) is 0 Å². The van der Waals surface area contributed by atoms with Crippen LogP contribution in [0.25, 0.3) is 0 Å². The summed E-state index contributed by atoms with van der Waals surface area (Å²) < 4.78 is 5.56. The fourth-order valence-corrected chi connectivity index (χ4v) is 4.00. The summed E-state index contributed by atoms with van der Waals surface area (Å²) in [7, 11) is 0. The van der Waals surface area contributed by atoms with Crippen molar-refractivity contribution in [2.24, 2.45) is 0 Å². The number of benzene rings is 1. The monoisotopic (exact) mass is 401 g/mol. The Labute approximate surface area is 164 Å². The van der Waals surface area contributed by atoms with Gasteiger partial charge < -0.3 is 20.7 Å². The van der Waals surface area contributed by atoms with Crippen LogP contribution < -0.4 is 16.0 Å². The first-order chi connectivity index (χ1) is 13.6. The quantitative estimate of drug-likeness (QED) is 0.703. The Morgan fingerprint density at radius 2 is 2.14 bits per heavy atom. The average molecular weight is 401 g/mol. The molecule has 0 bridgehead atoms. The van der Waals surface area contributed by atoms with Gasteiger partial charge in [0, 0.05) is 13.0 Å². The number of hydrogen-bond acceptors (Lipinski definition) is 7. The molecule has 0 saturated carbocycles. The lowest BCUT2D eigenvalue weighted by molar-refractivity contribution is -0.118. The van der Waals surface area contributed by atoms with Crippen molar-refractivity contribution in [3.05, 3.63) is 34.8 Å². The van der Waals surface area contributed by atoms with E-state index in [1.54, 1.807) is 24.3 Å². The SMILES string of the molecule is O=C(CC[C@@H]1NC(=O)c2ccccc2NC1=O)Nc1nnc([C@@H]2CCCO2)s1. The maximum atomic E-state index is 12.4. The summed E-state index contributed by atoms with van der Waals surface area (Å²) in [5.74, 6) is -0.980. The number of anilines is 2. The number of rotatable bonds is 5. The second-order valence-electron chi connectivity index (χ2n) is 6.59. The molecule has 2 aliphatic heterocycles. The molecule has 3 heterocycles. The van der Waals surface area contributed by atoms with Crippen LogP contribution >= 0.6 is 11.3 Å². The number of fused-ring (bicyclic) bond motifs is 1. The van der Waals surface area contributed by atoms with Gasteiger partial charge in [0.05, 0.1) is 11.3 Å². The number of ether oxygens (including phenoxy) is 1. The maximum Gasteiger partial charge on any atom is 0.254 e. The molecule has 1 saturated heterocycles. The molecule has 1 fully saturated rings. The summed E-state index contributed by atoms with van der Waals surface area (Å²) >= 11 is 1.29. The predicted molar refractivity (Wildman–Crippen MR) is 102 cm³/mol. The highest BCUT2D eigenvalue weighted by atomic mass is 32.1. The fraction of sp³-hybridized carbons (Fsp3) is 0.389. The van der Waals surface area contributed by atoms with Crippen molar-refractivity contribution >= 4 is 39.9 Å². The minimum Gasteiger partial charge on any atom is -0.371 e. The Bertz CT molecular complexity index is 909. The summed E-state index contributed by atoms with van der Waals surface area (Å²) in [4.78, 5) is 36.9. The minimum absolute atomic E-state index is 0.0466. The molecule has 0 radical (unpaired) electrons. The number of carbonyl (C=O) groups is 3. The van der Waals surface area contributed by atoms with Crippen molar-refractivity contribution < 1.29 is 19.1 Å². The van der Waals surface area contributed by atoms with Crippen LogP contribution in [0.15, 0.2) is 24.3 Å². The second-order valence-corrected chi connectivity index (χ2v) is 7.60. The summed E-state index contributed by atoms with van der Waals surface area (Å²) in [6.07, 6.45) is 2.08. The van der Waals surface area contributed by atoms with E-state index in [9.17, 15) is 14.4 Å². The molecule has 0 aliphatic carbocycles. The standard InChI is InChI=1S/C18H19N5O4S/c24-14(21-18-23-22-17(28-18)13-6-3-9-27-13)8-7-12-16(26)19-11-5-2-1-4-10(11)15(25)20-12/h1-2,4-5,12-13H,3,6-9H2,(H,19,26)(H,20,25)(H,21,23,24)/t12-,13-/m0/s1. The smallest absolute Gasteiger partial charge is 0.254 e. The molecule has 2 atom stereocenters. The van der Waals surface area contributed by atoms with Gasteiger partial charge in [0.1, 0.15) is 17.2 Å². The molecular weight excluding hydrogens is 382 g/mol. The molecule has 4 rings (SSSR count). The Morgan fingerprint density at radius 3 is 2.96 bits per heavy atom. The van der Waals surface area contributed by atoms with Crippen molar-refractivity contribution in [3.8, 4) is 0 Å². The Kier molecular flexibility index (Phi) is 5.31. The maximum absolute atomic E-state index is 12.4. The van der Waals surface area contributed by atoms with E-state index in [1.165, 1.54) is 11.3 Å². The average Bonchev–Trinajstić information content (AvgIpc) is 3.34. The number of carbonyl (C=O) groups excluding carboxylic acids is 3. The highest BCUT2D eigenvalue weighted by Gasteiger charge is 2.28. The molecule has 9 nitrogen and oxygen atoms in total. The van der Waals surface area contributed by atoms with E-state index in [4.69, 9.17) is 4.74 Å². The molecule has 2 aromatic rings. The Morgan fingerprint density at radius 1 is 1.29 bits per heavy atom. The number of amides is 3. The van der Waals surface area contributed by atoms with E-state index in [-0.39, 0.29) is 36.7 Å². The van der Waals surface area contributed by atoms with Gasteiger partial charge in [0.25, 0.3) is 5.91 Å². The third-order valence-electron chi connectivity index (χ3n) is 4.60. The zero-order valence-electron chi connectivity index (χ0n) is 14.9. The summed E-state index contributed by atoms with van der Waals surface area (Å²) in [6.45, 7) is 0.713. The van der Waals surface area contributed by atoms with Crippen LogP contribution in [0.1, 0.15) is 47.2 Å². The second kappa shape index (κ2) is 8.03. The predicted octanol–water partition coefficient (Wildman–Crippen LogP) is 1.86. The van der Waals surface area contributed by atoms with Crippen molar-refractivity contribution in [3.63, 3.8) is 0 Å². The summed E-state index contributed by atoms with van der Waals surface area (Å²) in [5, 5.41) is 17.3. The first-order valence-electron chi connectivity index (χ1n) is 9.06. The van der Waals surface area contributed by atoms with E-state index >= 15 is 0 Å². The lowest BCUT2D eigenvalue weighted by atomic mass is 10.1. The number of hydrogen-bond donors (Lipinski definition) is 3. The highest BCUT2D eigenvalue weighted by molar-refractivity contribution is 7.15. The van der Waals surface area contributed by atoms with Gasteiger partial charge in [-0.15, -0.1) is 10.2 Å². The van der Waals surface area contributed by atoms with Gasteiger partial charge in [-0.2, -0.15) is 0 Å². The number of nitrogens with one attached hydrogen (secondary N) is 3. The first kappa shape index (κ1) is 18.5. The third kappa shape index (κ3) is 4.02. The Hall–Kier alpha value is -2.85. The highest BCUT2D eigenvalue weighted by Crippen LogP contribution is 2.31. The van der Waals surface area contributed by atoms with E-state index in [1.807, 2.05) is 0 Å². The van der Waals surface area contributed by atoms with Gasteiger partial charge >= 0.3 is 0 Å². The summed E-state index contributed by atoms with van der Waals surface area (Å²) in [5.41, 5.74) is 0.866. The zero-order valence-corrected chi connectivity index (χ0v) is 15.8. The summed E-state index contributed by atoms with van der Waals surface area (Å²) in [6, 6.07) is 5.99. The van der Waals surface area contributed by atoms with E-state index in [2.05, 4.69) is 26.1 Å². The fourth-order valence-electron chi connectivity index (χ4n) is 3.16. The molecule has 0 unspecified atom stereocenters. The van der Waals surface area contributed by atoms with Gasteiger partial charge in [0.15, 0.2) is 0 Å². The normalized spacial score (nSPS) is 21.4. The largest absolute Gasteiger partial charge is 0.371 e. The van der Waals surface area contributed by atoms with E-state index in [0.717, 1.165) is 17.8 Å². The van der Waals surface area contributed by atoms with Crippen LogP contribution in [0.4, 0.5) is 10.8 Å². The molecule has 146 valence electrons. The topological polar surface area (TPSA) is 122 Å². The zero-order chi connectivity index (χ0) is 19.5. The van der Waals surface area contributed by atoms with Crippen LogP contribution in [0.3, 0.4) is 0 Å². The Balaban J connectivity index is 1.32. The lowest BCUT2D eigenvalue weighted by Gasteiger charge is -2.13. The van der Waals surface area contributed by atoms with Gasteiger partial charge in [-0.05, 0) is 31.4 Å². The third-order valence-corrected chi connectivity index (χ3v) is 5.53. The van der Waals surface area contributed by atoms with Gasteiger partial charge in [0.2, 0.25) is 16.9 Å². The van der Waals surface area contributed by atoms with E-state index in [0.29, 0.717) is 23.0 Å². The molecule has 1 aromatic carbocycles. The lowest BCUT2D eigenvalue weighted by Crippen LogP contribution is -2.41. The molecule has 1 aromatic heterocycles. The van der Waals surface area contributed by atoms with Crippen molar-refractivity contribution in [2.45, 2.75) is 37.8 Å². The van der Waals surface area contributed by atoms with Crippen molar-refractivity contribution in [2.75, 3.05) is 17.2 Å². The van der Waals surface area contributed by atoms with Crippen LogP contribution in [0.5, 0.6) is 0 Å². The van der Waals surface area contributed by atoms with Crippen LogP contribution in [0.2, 0.25) is 0 Å². The van der Waals surface area contributed by atoms with Crippen LogP contribution in [0, 0.1) is 0 Å². The molecule has 0 spiro atoms. The van der Waals surface area contributed by atoms with Gasteiger partial charge in [-0.1, -0.05) is 23.5 Å². The molecular formula is C18H19N5O4S. The van der Waals surface area contributed by atoms with Crippen LogP contribution in [-0.2, 0) is 14.3 Å². The molecule has 2 aliphatic rings. The molecule has 10 heteroatoms. The first-order valence-corrected chi connectivity index (χ1v) is 9.87. The molecule has 28 heavy (non-hydrogen) atoms. The van der Waals surface area contributed by atoms with E-state index < -0.39 is 6.04 Å². The molecule has 3 amide bonds. The van der Waals surface area contributed by atoms with Crippen LogP contribution in [-0.4, -0.2) is 40.6 Å². The van der Waals surface area contributed by atoms with Crippen molar-refractivity contribution in [1.82, 2.24) is 15.5 Å².